The third kappa shape index (κ3) is 3.76. The van der Waals surface area contributed by atoms with E-state index < -0.39 is 0 Å². The lowest BCUT2D eigenvalue weighted by Gasteiger charge is -2.35. The second-order valence-corrected chi connectivity index (χ2v) is 7.78. The third-order valence-electron chi connectivity index (χ3n) is 5.38. The lowest BCUT2D eigenvalue weighted by molar-refractivity contribution is -0.138. The van der Waals surface area contributed by atoms with Crippen LogP contribution in [0.25, 0.3) is 0 Å². The van der Waals surface area contributed by atoms with Crippen molar-refractivity contribution in [1.82, 2.24) is 10.2 Å². The van der Waals surface area contributed by atoms with Crippen molar-refractivity contribution in [2.75, 3.05) is 19.7 Å². The molecule has 134 valence electrons. The first-order valence-corrected chi connectivity index (χ1v) is 9.48. The normalized spacial score (nSPS) is 23.6. The molecule has 2 fully saturated rings. The van der Waals surface area contributed by atoms with Crippen molar-refractivity contribution in [3.63, 3.8) is 0 Å². The number of fused-ring (bicyclic) bond motifs is 1. The summed E-state index contributed by atoms with van der Waals surface area (Å²) in [5.41, 5.74) is 1.00. The molecular weight excluding hydrogens is 340 g/mol. The Bertz CT molecular complexity index is 681. The Morgan fingerprint density at radius 1 is 1.12 bits per heavy atom. The van der Waals surface area contributed by atoms with Gasteiger partial charge in [0.1, 0.15) is 12.4 Å². The van der Waals surface area contributed by atoms with E-state index in [1.165, 1.54) is 0 Å². The van der Waals surface area contributed by atoms with Crippen molar-refractivity contribution in [3.05, 3.63) is 28.8 Å². The van der Waals surface area contributed by atoms with Crippen LogP contribution in [0, 0.1) is 11.8 Å². The van der Waals surface area contributed by atoms with Crippen LogP contribution in [0.4, 0.5) is 0 Å². The van der Waals surface area contributed by atoms with Gasteiger partial charge in [-0.3, -0.25) is 9.59 Å². The Morgan fingerprint density at radius 3 is 2.60 bits per heavy atom. The zero-order valence-electron chi connectivity index (χ0n) is 14.2. The summed E-state index contributed by atoms with van der Waals surface area (Å²) < 4.78 is 5.75. The maximum Gasteiger partial charge on any atom is 0.229 e. The van der Waals surface area contributed by atoms with Gasteiger partial charge in [-0.1, -0.05) is 11.6 Å². The quantitative estimate of drug-likeness (QED) is 0.898. The van der Waals surface area contributed by atoms with Crippen molar-refractivity contribution in [2.24, 2.45) is 11.8 Å². The third-order valence-corrected chi connectivity index (χ3v) is 5.61. The minimum absolute atomic E-state index is 0.149. The van der Waals surface area contributed by atoms with Gasteiger partial charge in [-0.25, -0.2) is 0 Å². The molecule has 1 saturated heterocycles. The molecule has 1 saturated carbocycles. The molecule has 2 aliphatic heterocycles. The van der Waals surface area contributed by atoms with E-state index in [0.717, 1.165) is 37.0 Å². The molecule has 1 aliphatic carbocycles. The van der Waals surface area contributed by atoms with E-state index in [-0.39, 0.29) is 29.7 Å². The van der Waals surface area contributed by atoms with Crippen LogP contribution in [-0.4, -0.2) is 42.5 Å². The van der Waals surface area contributed by atoms with Gasteiger partial charge in [-0.2, -0.15) is 0 Å². The number of likely N-dealkylation sites (tertiary alicyclic amines) is 1. The van der Waals surface area contributed by atoms with E-state index in [1.807, 2.05) is 23.1 Å². The monoisotopic (exact) mass is 362 g/mol. The number of nitrogens with zero attached hydrogens (tertiary/aromatic N) is 1. The maximum absolute atomic E-state index is 12.8. The lowest BCUT2D eigenvalue weighted by atomic mass is 9.94. The van der Waals surface area contributed by atoms with E-state index in [2.05, 4.69) is 5.32 Å². The molecule has 1 N–H and O–H groups in total. The molecule has 0 spiro atoms. The summed E-state index contributed by atoms with van der Waals surface area (Å²) in [6, 6.07) is 5.77. The van der Waals surface area contributed by atoms with Gasteiger partial charge in [0.05, 0.1) is 5.92 Å². The number of hydrogen-bond acceptors (Lipinski definition) is 3. The number of benzene rings is 1. The average molecular weight is 363 g/mol. The Hall–Kier alpha value is -1.75. The van der Waals surface area contributed by atoms with E-state index in [4.69, 9.17) is 16.3 Å². The summed E-state index contributed by atoms with van der Waals surface area (Å²) in [6.07, 6.45) is 4.39. The van der Waals surface area contributed by atoms with E-state index >= 15 is 0 Å². The smallest absolute Gasteiger partial charge is 0.229 e. The van der Waals surface area contributed by atoms with Crippen molar-refractivity contribution in [3.8, 4) is 5.75 Å². The number of rotatable bonds is 3. The number of ether oxygens (including phenoxy) is 1. The highest BCUT2D eigenvalue weighted by molar-refractivity contribution is 6.30. The van der Waals surface area contributed by atoms with Crippen LogP contribution < -0.4 is 10.1 Å². The fourth-order valence-corrected chi connectivity index (χ4v) is 3.88. The van der Waals surface area contributed by atoms with Gasteiger partial charge in [0, 0.05) is 30.1 Å². The highest BCUT2D eigenvalue weighted by atomic mass is 35.5. The Labute approximate surface area is 152 Å². The maximum atomic E-state index is 12.8. The van der Waals surface area contributed by atoms with Crippen LogP contribution in [0.1, 0.15) is 31.2 Å². The molecule has 1 aromatic carbocycles. The first kappa shape index (κ1) is 16.7. The van der Waals surface area contributed by atoms with E-state index in [0.29, 0.717) is 31.1 Å². The molecule has 5 nitrogen and oxygen atoms in total. The molecule has 4 rings (SSSR count). The van der Waals surface area contributed by atoms with Gasteiger partial charge in [0.15, 0.2) is 0 Å². The minimum atomic E-state index is -0.149. The Morgan fingerprint density at radius 2 is 1.88 bits per heavy atom. The fourth-order valence-electron chi connectivity index (χ4n) is 3.69. The molecule has 1 aromatic rings. The molecular formula is C19H23ClN2O3. The zero-order chi connectivity index (χ0) is 17.4. The second kappa shape index (κ2) is 6.87. The lowest BCUT2D eigenvalue weighted by Crippen LogP contribution is -2.49. The molecule has 3 aliphatic rings. The number of hydrogen-bond donors (Lipinski definition) is 1. The van der Waals surface area contributed by atoms with Gasteiger partial charge < -0.3 is 15.0 Å². The molecule has 6 heteroatoms. The summed E-state index contributed by atoms with van der Waals surface area (Å²) in [5, 5.41) is 3.79. The molecule has 2 amide bonds. The second-order valence-electron chi connectivity index (χ2n) is 7.35. The predicted molar refractivity (Wildman–Crippen MR) is 94.6 cm³/mol. The van der Waals surface area contributed by atoms with Crippen LogP contribution in [0.2, 0.25) is 5.02 Å². The van der Waals surface area contributed by atoms with Gasteiger partial charge in [-0.05, 0) is 55.9 Å². The Balaban J connectivity index is 1.31. The van der Waals surface area contributed by atoms with Crippen LogP contribution in [0.5, 0.6) is 5.75 Å². The topological polar surface area (TPSA) is 58.6 Å². The first-order valence-electron chi connectivity index (χ1n) is 9.10. The van der Waals surface area contributed by atoms with Gasteiger partial charge in [0.25, 0.3) is 0 Å². The minimum Gasteiger partial charge on any atom is -0.492 e. The predicted octanol–water partition coefficient (Wildman–Crippen LogP) is 2.41. The largest absolute Gasteiger partial charge is 0.492 e. The number of amides is 2. The van der Waals surface area contributed by atoms with Crippen LogP contribution in [-0.2, 0) is 16.0 Å². The number of halogens is 1. The molecule has 0 radical (unpaired) electrons. The number of piperidine rings is 1. The van der Waals surface area contributed by atoms with Crippen molar-refractivity contribution in [2.45, 2.75) is 38.1 Å². The van der Waals surface area contributed by atoms with Crippen molar-refractivity contribution in [1.29, 1.82) is 0 Å². The molecule has 0 aromatic heterocycles. The number of nitrogens with one attached hydrogen (secondary N) is 1. The molecule has 2 heterocycles. The standard InChI is InChI=1S/C19H23ClN2O3/c20-15-3-4-17-13(10-15)9-14(11-25-17)19(24)22-7-5-16(6-8-22)21-18(23)12-1-2-12/h3-4,10,12,14,16H,1-2,5-9,11H2,(H,21,23). The van der Waals surface area contributed by atoms with Gasteiger partial charge >= 0.3 is 0 Å². The van der Waals surface area contributed by atoms with Crippen LogP contribution >= 0.6 is 11.6 Å². The Kier molecular flexibility index (Phi) is 4.59. The highest BCUT2D eigenvalue weighted by Gasteiger charge is 2.34. The summed E-state index contributed by atoms with van der Waals surface area (Å²) in [4.78, 5) is 26.6. The van der Waals surface area contributed by atoms with E-state index in [1.54, 1.807) is 0 Å². The van der Waals surface area contributed by atoms with E-state index in [9.17, 15) is 9.59 Å². The molecule has 0 bridgehead atoms. The average Bonchev–Trinajstić information content (AvgIpc) is 3.46. The highest BCUT2D eigenvalue weighted by Crippen LogP contribution is 2.31. The van der Waals surface area contributed by atoms with Gasteiger partial charge in [-0.15, -0.1) is 0 Å². The SMILES string of the molecule is O=C(NC1CCN(C(=O)C2COc3ccc(Cl)cc3C2)CC1)C1CC1. The first-order chi connectivity index (χ1) is 12.1. The summed E-state index contributed by atoms with van der Waals surface area (Å²) in [5.74, 6) is 1.26. The summed E-state index contributed by atoms with van der Waals surface area (Å²) in [7, 11) is 0. The van der Waals surface area contributed by atoms with Crippen LogP contribution in [0.15, 0.2) is 18.2 Å². The number of carbonyl (C=O) groups is 2. The molecule has 1 unspecified atom stereocenters. The summed E-state index contributed by atoms with van der Waals surface area (Å²) >= 11 is 6.05. The van der Waals surface area contributed by atoms with Crippen molar-refractivity contribution >= 4 is 23.4 Å². The number of carbonyl (C=O) groups excluding carboxylic acids is 2. The van der Waals surface area contributed by atoms with Crippen molar-refractivity contribution < 1.29 is 14.3 Å². The summed E-state index contributed by atoms with van der Waals surface area (Å²) in [6.45, 7) is 1.83. The van der Waals surface area contributed by atoms with Crippen LogP contribution in [0.3, 0.4) is 0 Å². The zero-order valence-corrected chi connectivity index (χ0v) is 14.9. The fraction of sp³-hybridized carbons (Fsp3) is 0.579. The van der Waals surface area contributed by atoms with Gasteiger partial charge in [0.2, 0.25) is 11.8 Å². The molecule has 1 atom stereocenters. The molecule has 25 heavy (non-hydrogen) atoms.